The molecule has 1 heterocycles. The second-order valence-corrected chi connectivity index (χ2v) is 6.80. The van der Waals surface area contributed by atoms with Crippen molar-refractivity contribution in [1.82, 2.24) is 0 Å². The number of ether oxygens (including phenoxy) is 3. The molecule has 6 N–H and O–H groups in total. The molecule has 10 heteroatoms. The topological polar surface area (TPSA) is 166 Å². The van der Waals surface area contributed by atoms with Gasteiger partial charge in [0.25, 0.3) is 0 Å². The molecule has 5 unspecified atom stereocenters. The van der Waals surface area contributed by atoms with Gasteiger partial charge in [-0.3, -0.25) is 0 Å². The summed E-state index contributed by atoms with van der Waals surface area (Å²) in [5.41, 5.74) is 0.393. The Hall–Kier alpha value is -3.31. The fraction of sp³-hybridized carbons (Fsp3) is 0.286. The van der Waals surface area contributed by atoms with Gasteiger partial charge in [-0.2, -0.15) is 0 Å². The Kier molecular flexibility index (Phi) is 6.98. The Morgan fingerprint density at radius 3 is 2.35 bits per heavy atom. The van der Waals surface area contributed by atoms with Crippen LogP contribution in [0.4, 0.5) is 0 Å². The van der Waals surface area contributed by atoms with Crippen molar-refractivity contribution in [2.75, 3.05) is 6.61 Å². The van der Waals surface area contributed by atoms with Crippen LogP contribution < -0.4 is 4.74 Å². The summed E-state index contributed by atoms with van der Waals surface area (Å²) in [7, 11) is 0. The van der Waals surface area contributed by atoms with E-state index in [0.717, 1.165) is 6.08 Å². The average Bonchev–Trinajstić information content (AvgIpc) is 2.75. The number of rotatable bonds is 6. The Balaban J connectivity index is 1.75. The number of aliphatic hydroxyl groups is 3. The van der Waals surface area contributed by atoms with Crippen LogP contribution >= 0.6 is 0 Å². The van der Waals surface area contributed by atoms with Crippen molar-refractivity contribution in [2.24, 2.45) is 0 Å². The van der Waals surface area contributed by atoms with Crippen molar-refractivity contribution < 1.29 is 49.6 Å². The Morgan fingerprint density at radius 2 is 1.71 bits per heavy atom. The third-order valence-corrected chi connectivity index (χ3v) is 4.58. The molecule has 2 aromatic carbocycles. The van der Waals surface area contributed by atoms with Gasteiger partial charge in [0.15, 0.2) is 17.6 Å². The van der Waals surface area contributed by atoms with Crippen LogP contribution in [-0.2, 0) is 14.3 Å². The number of esters is 1. The molecule has 166 valence electrons. The summed E-state index contributed by atoms with van der Waals surface area (Å²) in [6.07, 6.45) is -4.83. The van der Waals surface area contributed by atoms with Gasteiger partial charge < -0.3 is 44.8 Å². The normalized spacial score (nSPS) is 26.0. The van der Waals surface area contributed by atoms with Crippen molar-refractivity contribution in [2.45, 2.75) is 30.7 Å². The van der Waals surface area contributed by atoms with E-state index < -0.39 is 43.3 Å². The molecule has 0 bridgehead atoms. The summed E-state index contributed by atoms with van der Waals surface area (Å²) in [6.45, 7) is -0.613. The van der Waals surface area contributed by atoms with E-state index in [2.05, 4.69) is 0 Å². The highest BCUT2D eigenvalue weighted by molar-refractivity contribution is 5.87. The number of carbonyl (C=O) groups is 1. The standard InChI is InChI=1S/C21H22O10/c22-10-16-18(27)19(28)20(21(30-16)29-13-5-3-12(23)4-6-13)31-17(26)8-2-11-1-7-14(24)15(25)9-11/h1-9,16,18-25,27-28H,10H2/b8-2+. The van der Waals surface area contributed by atoms with Crippen LogP contribution in [0, 0.1) is 0 Å². The fourth-order valence-corrected chi connectivity index (χ4v) is 2.92. The van der Waals surface area contributed by atoms with Gasteiger partial charge in [-0.05, 0) is 48.0 Å². The summed E-state index contributed by atoms with van der Waals surface area (Å²) in [5.74, 6) is -1.38. The molecule has 0 aromatic heterocycles. The molecule has 0 aliphatic carbocycles. The van der Waals surface area contributed by atoms with Crippen LogP contribution in [-0.4, -0.2) is 73.9 Å². The first-order chi connectivity index (χ1) is 14.8. The first-order valence-electron chi connectivity index (χ1n) is 9.27. The van der Waals surface area contributed by atoms with Crippen LogP contribution in [0.2, 0.25) is 0 Å². The molecule has 1 saturated heterocycles. The fourth-order valence-electron chi connectivity index (χ4n) is 2.92. The minimum atomic E-state index is -1.62. The van der Waals surface area contributed by atoms with E-state index >= 15 is 0 Å². The number of aromatic hydroxyl groups is 3. The summed E-state index contributed by atoms with van der Waals surface area (Å²) in [5, 5.41) is 58.1. The predicted molar refractivity (Wildman–Crippen MR) is 105 cm³/mol. The number of benzene rings is 2. The van der Waals surface area contributed by atoms with Crippen LogP contribution in [0.1, 0.15) is 5.56 Å². The van der Waals surface area contributed by atoms with Crippen molar-refractivity contribution >= 4 is 12.0 Å². The first-order valence-corrected chi connectivity index (χ1v) is 9.27. The van der Waals surface area contributed by atoms with Crippen LogP contribution in [0.5, 0.6) is 23.0 Å². The second kappa shape index (κ2) is 9.67. The largest absolute Gasteiger partial charge is 0.508 e. The van der Waals surface area contributed by atoms with E-state index in [9.17, 15) is 35.4 Å². The molecule has 0 spiro atoms. The summed E-state index contributed by atoms with van der Waals surface area (Å²) >= 11 is 0. The molecule has 5 atom stereocenters. The molecular weight excluding hydrogens is 412 g/mol. The smallest absolute Gasteiger partial charge is 0.331 e. The molecule has 3 rings (SSSR count). The van der Waals surface area contributed by atoms with Gasteiger partial charge in [0.1, 0.15) is 29.8 Å². The SMILES string of the molecule is O=C(/C=C/c1ccc(O)c(O)c1)OC1C(Oc2ccc(O)cc2)OC(CO)C(O)C1O. The Morgan fingerprint density at radius 1 is 1.00 bits per heavy atom. The van der Waals surface area contributed by atoms with Crippen LogP contribution in [0.3, 0.4) is 0 Å². The van der Waals surface area contributed by atoms with Gasteiger partial charge in [0.2, 0.25) is 6.29 Å². The third kappa shape index (κ3) is 5.44. The highest BCUT2D eigenvalue weighted by Crippen LogP contribution is 2.28. The highest BCUT2D eigenvalue weighted by Gasteiger charge is 2.47. The number of aliphatic hydroxyl groups excluding tert-OH is 3. The second-order valence-electron chi connectivity index (χ2n) is 6.80. The lowest BCUT2D eigenvalue weighted by Crippen LogP contribution is -2.61. The van der Waals surface area contributed by atoms with E-state index in [0.29, 0.717) is 5.56 Å². The molecule has 31 heavy (non-hydrogen) atoms. The average molecular weight is 434 g/mol. The number of carbonyl (C=O) groups excluding carboxylic acids is 1. The van der Waals surface area contributed by atoms with E-state index in [1.165, 1.54) is 48.5 Å². The van der Waals surface area contributed by atoms with Crippen molar-refractivity contribution in [3.05, 3.63) is 54.1 Å². The zero-order valence-corrected chi connectivity index (χ0v) is 16.1. The number of phenolic OH excluding ortho intramolecular Hbond substituents is 3. The van der Waals surface area contributed by atoms with Gasteiger partial charge in [-0.25, -0.2) is 4.79 Å². The Bertz CT molecular complexity index is 926. The minimum Gasteiger partial charge on any atom is -0.508 e. The number of hydrogen-bond acceptors (Lipinski definition) is 10. The van der Waals surface area contributed by atoms with E-state index in [1.54, 1.807) is 0 Å². The molecule has 0 radical (unpaired) electrons. The molecular formula is C21H22O10. The molecule has 1 aliphatic rings. The molecule has 2 aromatic rings. The molecule has 1 aliphatic heterocycles. The van der Waals surface area contributed by atoms with Crippen molar-refractivity contribution in [3.63, 3.8) is 0 Å². The third-order valence-electron chi connectivity index (χ3n) is 4.58. The predicted octanol–water partition coefficient (Wildman–Crippen LogP) is 0.246. The van der Waals surface area contributed by atoms with Gasteiger partial charge in [0, 0.05) is 6.08 Å². The van der Waals surface area contributed by atoms with Crippen LogP contribution in [0.25, 0.3) is 6.08 Å². The first kappa shape index (κ1) is 22.4. The number of hydrogen-bond donors (Lipinski definition) is 6. The van der Waals surface area contributed by atoms with Gasteiger partial charge in [0.05, 0.1) is 6.61 Å². The lowest BCUT2D eigenvalue weighted by Gasteiger charge is -2.41. The maximum Gasteiger partial charge on any atom is 0.331 e. The molecule has 0 amide bonds. The van der Waals surface area contributed by atoms with E-state index in [-0.39, 0.29) is 23.0 Å². The van der Waals surface area contributed by atoms with Crippen molar-refractivity contribution in [1.29, 1.82) is 0 Å². The number of phenols is 3. The molecule has 1 fully saturated rings. The zero-order chi connectivity index (χ0) is 22.5. The highest BCUT2D eigenvalue weighted by atomic mass is 16.7. The van der Waals surface area contributed by atoms with E-state index in [1.807, 2.05) is 0 Å². The van der Waals surface area contributed by atoms with Crippen LogP contribution in [0.15, 0.2) is 48.5 Å². The molecule has 0 saturated carbocycles. The van der Waals surface area contributed by atoms with Crippen molar-refractivity contribution in [3.8, 4) is 23.0 Å². The molecule has 10 nitrogen and oxygen atoms in total. The maximum atomic E-state index is 12.3. The van der Waals surface area contributed by atoms with Gasteiger partial charge in [-0.1, -0.05) is 6.07 Å². The monoisotopic (exact) mass is 434 g/mol. The quantitative estimate of drug-likeness (QED) is 0.211. The summed E-state index contributed by atoms with van der Waals surface area (Å²) in [6, 6.07) is 9.45. The Labute approximate surface area is 176 Å². The lowest BCUT2D eigenvalue weighted by atomic mass is 9.99. The minimum absolute atomic E-state index is 0.00557. The summed E-state index contributed by atoms with van der Waals surface area (Å²) in [4.78, 5) is 12.3. The van der Waals surface area contributed by atoms with E-state index in [4.69, 9.17) is 14.2 Å². The van der Waals surface area contributed by atoms with Gasteiger partial charge >= 0.3 is 5.97 Å². The van der Waals surface area contributed by atoms with Gasteiger partial charge in [-0.15, -0.1) is 0 Å². The zero-order valence-electron chi connectivity index (χ0n) is 16.1. The maximum absolute atomic E-state index is 12.3. The lowest BCUT2D eigenvalue weighted by molar-refractivity contribution is -0.281. The summed E-state index contributed by atoms with van der Waals surface area (Å²) < 4.78 is 16.3.